The lowest BCUT2D eigenvalue weighted by Crippen LogP contribution is -2.37. The second kappa shape index (κ2) is 10.7. The van der Waals surface area contributed by atoms with Crippen LogP contribution in [0.4, 0.5) is 5.69 Å². The zero-order chi connectivity index (χ0) is 22.4. The summed E-state index contributed by atoms with van der Waals surface area (Å²) in [6, 6.07) is 14.2. The Morgan fingerprint density at radius 1 is 1.06 bits per heavy atom. The first-order chi connectivity index (χ1) is 14.8. The number of benzene rings is 2. The first kappa shape index (κ1) is 23.1. The number of likely N-dealkylation sites (N-methyl/N-ethyl adjacent to an activating group) is 1. The van der Waals surface area contributed by atoms with E-state index in [4.69, 9.17) is 11.6 Å². The van der Waals surface area contributed by atoms with Crippen LogP contribution in [0.1, 0.15) is 22.7 Å². The second-order valence-electron chi connectivity index (χ2n) is 7.47. The molecule has 7 heteroatoms. The van der Waals surface area contributed by atoms with Gasteiger partial charge in [-0.15, -0.1) is 0 Å². The number of halogens is 1. The first-order valence-corrected chi connectivity index (χ1v) is 11.2. The van der Waals surface area contributed by atoms with Crippen molar-refractivity contribution in [2.75, 3.05) is 25.5 Å². The van der Waals surface area contributed by atoms with E-state index in [1.54, 1.807) is 12.1 Å². The van der Waals surface area contributed by atoms with Crippen LogP contribution in [0, 0.1) is 0 Å². The van der Waals surface area contributed by atoms with Gasteiger partial charge in [0.1, 0.15) is 6.04 Å². The maximum Gasteiger partial charge on any atom is 0.258 e. The molecule has 1 heterocycles. The fourth-order valence-corrected chi connectivity index (χ4v) is 4.16. The second-order valence-corrected chi connectivity index (χ2v) is 9.34. The van der Waals surface area contributed by atoms with Crippen molar-refractivity contribution in [2.24, 2.45) is 0 Å². The molecular weight excluding hydrogens is 430 g/mol. The van der Waals surface area contributed by atoms with Gasteiger partial charge < -0.3 is 15.5 Å². The van der Waals surface area contributed by atoms with Gasteiger partial charge in [-0.2, -0.15) is 0 Å². The maximum absolute atomic E-state index is 13.2. The molecule has 0 saturated heterocycles. The van der Waals surface area contributed by atoms with Gasteiger partial charge in [-0.25, -0.2) is 0 Å². The summed E-state index contributed by atoms with van der Waals surface area (Å²) in [4.78, 5) is 28.2. The molecule has 162 valence electrons. The molecule has 5 nitrogen and oxygen atoms in total. The summed E-state index contributed by atoms with van der Waals surface area (Å²) in [6.45, 7) is 9.29. The molecule has 0 saturated carbocycles. The van der Waals surface area contributed by atoms with Gasteiger partial charge in [0.2, 0.25) is 0 Å². The SMILES string of the molecule is C=C(Cl)SC(=C)C(=O)N[C@@H](C(=O)Nc1ccc2c(c1)CCN(C)CC2)c1ccccc1. The Labute approximate surface area is 192 Å². The topological polar surface area (TPSA) is 61.4 Å². The highest BCUT2D eigenvalue weighted by atomic mass is 35.5. The Morgan fingerprint density at radius 3 is 2.42 bits per heavy atom. The minimum Gasteiger partial charge on any atom is -0.336 e. The molecule has 3 rings (SSSR count). The number of rotatable bonds is 7. The fourth-order valence-electron chi connectivity index (χ4n) is 3.47. The number of carbonyl (C=O) groups excluding carboxylic acids is 2. The van der Waals surface area contributed by atoms with E-state index in [1.165, 1.54) is 11.1 Å². The molecule has 0 fully saturated rings. The van der Waals surface area contributed by atoms with Crippen molar-refractivity contribution in [1.29, 1.82) is 0 Å². The van der Waals surface area contributed by atoms with E-state index >= 15 is 0 Å². The fraction of sp³-hybridized carbons (Fsp3) is 0.250. The molecule has 0 bridgehead atoms. The molecule has 0 aliphatic carbocycles. The molecular formula is C24H26ClN3O2S. The average Bonchev–Trinajstić information content (AvgIpc) is 2.93. The largest absolute Gasteiger partial charge is 0.336 e. The van der Waals surface area contributed by atoms with Crippen LogP contribution in [-0.2, 0) is 22.4 Å². The number of hydrogen-bond acceptors (Lipinski definition) is 4. The molecule has 0 spiro atoms. The minimum absolute atomic E-state index is 0.169. The number of hydrogen-bond donors (Lipinski definition) is 2. The van der Waals surface area contributed by atoms with Crippen molar-refractivity contribution in [3.63, 3.8) is 0 Å². The standard InChI is InChI=1S/C24H26ClN3O2S/c1-16(31-17(2)25)23(29)27-22(19-7-5-4-6-8-19)24(30)26-21-10-9-18-11-13-28(3)14-12-20(18)15-21/h4-10,15,22H,1-2,11-14H2,3H3,(H,26,30)(H,27,29)/t22-/m1/s1. The molecule has 2 aromatic carbocycles. The minimum atomic E-state index is -0.875. The quantitative estimate of drug-likeness (QED) is 0.605. The summed E-state index contributed by atoms with van der Waals surface area (Å²) >= 11 is 6.73. The predicted molar refractivity (Wildman–Crippen MR) is 129 cm³/mol. The lowest BCUT2D eigenvalue weighted by molar-refractivity contribution is -0.124. The first-order valence-electron chi connectivity index (χ1n) is 10.0. The van der Waals surface area contributed by atoms with E-state index in [0.717, 1.165) is 37.7 Å². The van der Waals surface area contributed by atoms with E-state index in [9.17, 15) is 9.59 Å². The Kier molecular flexibility index (Phi) is 7.96. The van der Waals surface area contributed by atoms with E-state index in [1.807, 2.05) is 30.3 Å². The van der Waals surface area contributed by atoms with Crippen LogP contribution in [0.5, 0.6) is 0 Å². The third kappa shape index (κ3) is 6.47. The third-order valence-electron chi connectivity index (χ3n) is 5.16. The van der Waals surface area contributed by atoms with E-state index in [-0.39, 0.29) is 15.2 Å². The Bertz CT molecular complexity index is 994. The van der Waals surface area contributed by atoms with Crippen LogP contribution in [-0.4, -0.2) is 36.9 Å². The lowest BCUT2D eigenvalue weighted by Gasteiger charge is -2.20. The molecule has 0 radical (unpaired) electrons. The number of fused-ring (bicyclic) bond motifs is 1. The number of anilines is 1. The summed E-state index contributed by atoms with van der Waals surface area (Å²) in [6.07, 6.45) is 1.93. The number of thioether (sulfide) groups is 1. The molecule has 2 amide bonds. The number of nitrogens with zero attached hydrogens (tertiary/aromatic N) is 1. The van der Waals surface area contributed by atoms with E-state index < -0.39 is 11.9 Å². The van der Waals surface area contributed by atoms with Crippen molar-refractivity contribution in [2.45, 2.75) is 18.9 Å². The van der Waals surface area contributed by atoms with Crippen LogP contribution in [0.3, 0.4) is 0 Å². The van der Waals surface area contributed by atoms with Gasteiger partial charge in [-0.3, -0.25) is 9.59 Å². The van der Waals surface area contributed by atoms with Gasteiger partial charge in [0.05, 0.1) is 9.27 Å². The smallest absolute Gasteiger partial charge is 0.258 e. The number of nitrogens with one attached hydrogen (secondary N) is 2. The van der Waals surface area contributed by atoms with Crippen LogP contribution >= 0.6 is 23.4 Å². The van der Waals surface area contributed by atoms with Crippen LogP contribution < -0.4 is 10.6 Å². The van der Waals surface area contributed by atoms with Crippen molar-refractivity contribution in [1.82, 2.24) is 10.2 Å². The number of amides is 2. The van der Waals surface area contributed by atoms with Gasteiger partial charge >= 0.3 is 0 Å². The highest BCUT2D eigenvalue weighted by Crippen LogP contribution is 2.27. The van der Waals surface area contributed by atoms with Gasteiger partial charge in [-0.05, 0) is 48.7 Å². The van der Waals surface area contributed by atoms with Gasteiger partial charge in [0.25, 0.3) is 11.8 Å². The molecule has 2 aromatic rings. The van der Waals surface area contributed by atoms with Crippen LogP contribution in [0.15, 0.2) is 71.0 Å². The highest BCUT2D eigenvalue weighted by molar-refractivity contribution is 8.08. The monoisotopic (exact) mass is 455 g/mol. The molecule has 1 aliphatic rings. The lowest BCUT2D eigenvalue weighted by atomic mass is 10.0. The molecule has 2 N–H and O–H groups in total. The van der Waals surface area contributed by atoms with Gasteiger partial charge in [0, 0.05) is 18.8 Å². The summed E-state index contributed by atoms with van der Waals surface area (Å²) in [5.74, 6) is -0.798. The number of carbonyl (C=O) groups is 2. The normalized spacial score (nSPS) is 14.6. The molecule has 31 heavy (non-hydrogen) atoms. The van der Waals surface area contributed by atoms with Gasteiger partial charge in [-0.1, -0.05) is 72.9 Å². The Hall–Kier alpha value is -2.54. The van der Waals surface area contributed by atoms with Gasteiger partial charge in [0.15, 0.2) is 0 Å². The maximum atomic E-state index is 13.2. The van der Waals surface area contributed by atoms with Crippen molar-refractivity contribution in [3.8, 4) is 0 Å². The summed E-state index contributed by atoms with van der Waals surface area (Å²) in [5, 5.41) is 5.72. The molecule has 0 unspecified atom stereocenters. The summed E-state index contributed by atoms with van der Waals surface area (Å²) in [7, 11) is 2.12. The Morgan fingerprint density at radius 2 is 1.74 bits per heavy atom. The van der Waals surface area contributed by atoms with Crippen molar-refractivity contribution in [3.05, 3.63) is 87.6 Å². The van der Waals surface area contributed by atoms with Crippen LogP contribution in [0.25, 0.3) is 0 Å². The highest BCUT2D eigenvalue weighted by Gasteiger charge is 2.24. The third-order valence-corrected chi connectivity index (χ3v) is 6.04. The van der Waals surface area contributed by atoms with E-state index in [0.29, 0.717) is 11.3 Å². The Balaban J connectivity index is 1.78. The zero-order valence-corrected chi connectivity index (χ0v) is 19.1. The van der Waals surface area contributed by atoms with Crippen LogP contribution in [0.2, 0.25) is 0 Å². The molecule has 1 atom stereocenters. The zero-order valence-electron chi connectivity index (χ0n) is 17.5. The van der Waals surface area contributed by atoms with Crippen molar-refractivity contribution < 1.29 is 9.59 Å². The summed E-state index contributed by atoms with van der Waals surface area (Å²) in [5.41, 5.74) is 3.94. The average molecular weight is 456 g/mol. The van der Waals surface area contributed by atoms with E-state index in [2.05, 4.69) is 41.8 Å². The molecule has 1 aliphatic heterocycles. The molecule has 0 aromatic heterocycles. The summed E-state index contributed by atoms with van der Waals surface area (Å²) < 4.78 is 0.233. The van der Waals surface area contributed by atoms with Crippen molar-refractivity contribution >= 4 is 40.9 Å². The predicted octanol–water partition coefficient (Wildman–Crippen LogP) is 4.47.